The quantitative estimate of drug-likeness (QED) is 0.849. The summed E-state index contributed by atoms with van der Waals surface area (Å²) in [7, 11) is 0. The highest BCUT2D eigenvalue weighted by Crippen LogP contribution is 2.47. The summed E-state index contributed by atoms with van der Waals surface area (Å²) in [6.45, 7) is 2.78. The Hall–Kier alpha value is -0.950. The highest BCUT2D eigenvalue weighted by Gasteiger charge is 2.56. The molecule has 0 radical (unpaired) electrons. The maximum atomic E-state index is 12.9. The second-order valence-corrected chi connectivity index (χ2v) is 5.94. The Morgan fingerprint density at radius 3 is 2.60 bits per heavy atom. The summed E-state index contributed by atoms with van der Waals surface area (Å²) in [4.78, 5) is 15.4. The van der Waals surface area contributed by atoms with Gasteiger partial charge in [-0.1, -0.05) is 0 Å². The van der Waals surface area contributed by atoms with E-state index < -0.39 is 17.9 Å². The zero-order valence-electron chi connectivity index (χ0n) is 11.4. The molecule has 1 N–H and O–H groups in total. The van der Waals surface area contributed by atoms with Crippen LogP contribution < -0.4 is 5.43 Å². The van der Waals surface area contributed by atoms with Gasteiger partial charge in [-0.2, -0.15) is 13.2 Å². The minimum absolute atomic E-state index is 0.105. The predicted octanol–water partition coefficient (Wildman–Crippen LogP) is 3.58. The molecule has 0 amide bonds. The zero-order chi connectivity index (χ0) is 15.1. The molecule has 1 aliphatic heterocycles. The SMILES string of the molecule is CSc1c(C)[nH]c(C2CC[C@](C)(C(F)(F)F)O2)cc1=O. The molecular weight excluding hydrogens is 291 g/mol. The Labute approximate surface area is 118 Å². The third kappa shape index (κ3) is 2.61. The lowest BCUT2D eigenvalue weighted by atomic mass is 10.0. The number of hydrogen-bond donors (Lipinski definition) is 1. The minimum Gasteiger partial charge on any atom is -0.359 e. The molecule has 1 aromatic rings. The second kappa shape index (κ2) is 5.11. The third-order valence-corrected chi connectivity index (χ3v) is 4.54. The Bertz CT molecular complexity index is 570. The molecule has 0 saturated carbocycles. The molecule has 0 aromatic carbocycles. The van der Waals surface area contributed by atoms with E-state index in [9.17, 15) is 18.0 Å². The smallest absolute Gasteiger partial charge is 0.359 e. The molecule has 2 heterocycles. The lowest BCUT2D eigenvalue weighted by molar-refractivity contribution is -0.265. The van der Waals surface area contributed by atoms with Gasteiger partial charge in [0.05, 0.1) is 11.0 Å². The summed E-state index contributed by atoms with van der Waals surface area (Å²) in [6.07, 6.45) is -3.21. The van der Waals surface area contributed by atoms with E-state index in [1.807, 2.05) is 0 Å². The van der Waals surface area contributed by atoms with E-state index in [1.54, 1.807) is 13.2 Å². The van der Waals surface area contributed by atoms with E-state index in [0.29, 0.717) is 16.3 Å². The molecule has 1 unspecified atom stereocenters. The van der Waals surface area contributed by atoms with Crippen LogP contribution in [0.25, 0.3) is 0 Å². The normalized spacial score (nSPS) is 27.0. The summed E-state index contributed by atoms with van der Waals surface area (Å²) in [5.41, 5.74) is -1.25. The van der Waals surface area contributed by atoms with Crippen molar-refractivity contribution in [1.29, 1.82) is 0 Å². The van der Waals surface area contributed by atoms with E-state index in [4.69, 9.17) is 4.74 Å². The Balaban J connectivity index is 2.30. The highest BCUT2D eigenvalue weighted by molar-refractivity contribution is 7.98. The number of thioether (sulfide) groups is 1. The van der Waals surface area contributed by atoms with Gasteiger partial charge in [-0.05, 0) is 32.9 Å². The molecule has 0 spiro atoms. The van der Waals surface area contributed by atoms with Crippen LogP contribution in [0.3, 0.4) is 0 Å². The summed E-state index contributed by atoms with van der Waals surface area (Å²) in [6, 6.07) is 1.34. The van der Waals surface area contributed by atoms with Crippen molar-refractivity contribution in [2.24, 2.45) is 0 Å². The number of aromatic nitrogens is 1. The summed E-state index contributed by atoms with van der Waals surface area (Å²) in [5, 5.41) is 0. The van der Waals surface area contributed by atoms with Gasteiger partial charge in [-0.3, -0.25) is 4.79 Å². The number of hydrogen-bond acceptors (Lipinski definition) is 3. The van der Waals surface area contributed by atoms with Crippen LogP contribution >= 0.6 is 11.8 Å². The molecule has 0 aliphatic carbocycles. The highest BCUT2D eigenvalue weighted by atomic mass is 32.2. The number of rotatable bonds is 2. The van der Waals surface area contributed by atoms with Crippen LogP contribution in [0, 0.1) is 6.92 Å². The van der Waals surface area contributed by atoms with Gasteiger partial charge in [0, 0.05) is 17.5 Å². The third-order valence-electron chi connectivity index (χ3n) is 3.62. The number of ether oxygens (including phenoxy) is 1. The molecule has 112 valence electrons. The first kappa shape index (κ1) is 15.4. The molecule has 1 saturated heterocycles. The second-order valence-electron chi connectivity index (χ2n) is 5.12. The lowest BCUT2D eigenvalue weighted by Crippen LogP contribution is -2.41. The fraction of sp³-hybridized carbons (Fsp3) is 0.615. The van der Waals surface area contributed by atoms with E-state index in [0.717, 1.165) is 6.92 Å². The van der Waals surface area contributed by atoms with Crippen LogP contribution in [0.1, 0.15) is 37.3 Å². The van der Waals surface area contributed by atoms with Crippen molar-refractivity contribution in [2.45, 2.75) is 49.5 Å². The number of aromatic amines is 1. The number of halogens is 3. The molecule has 3 nitrogen and oxygen atoms in total. The molecule has 0 bridgehead atoms. The molecule has 1 aliphatic rings. The average molecular weight is 307 g/mol. The largest absolute Gasteiger partial charge is 0.417 e. The first-order valence-electron chi connectivity index (χ1n) is 6.20. The van der Waals surface area contributed by atoms with Gasteiger partial charge in [-0.25, -0.2) is 0 Å². The van der Waals surface area contributed by atoms with Crippen LogP contribution in [-0.2, 0) is 4.74 Å². The van der Waals surface area contributed by atoms with E-state index in [1.165, 1.54) is 17.8 Å². The average Bonchev–Trinajstić information content (AvgIpc) is 2.72. The van der Waals surface area contributed by atoms with Crippen molar-refractivity contribution in [3.05, 3.63) is 27.7 Å². The van der Waals surface area contributed by atoms with Crippen LogP contribution in [0.5, 0.6) is 0 Å². The van der Waals surface area contributed by atoms with Crippen LogP contribution in [0.4, 0.5) is 13.2 Å². The summed E-state index contributed by atoms with van der Waals surface area (Å²) < 4.78 is 43.9. The molecule has 1 aromatic heterocycles. The van der Waals surface area contributed by atoms with Crippen molar-refractivity contribution in [3.8, 4) is 0 Å². The fourth-order valence-corrected chi connectivity index (χ4v) is 3.01. The monoisotopic (exact) mass is 307 g/mol. The molecular formula is C13H16F3NO2S. The molecule has 2 atom stereocenters. The molecule has 2 rings (SSSR count). The first-order chi connectivity index (χ1) is 9.18. The van der Waals surface area contributed by atoms with E-state index >= 15 is 0 Å². The predicted molar refractivity (Wildman–Crippen MR) is 71.1 cm³/mol. The van der Waals surface area contributed by atoms with Gasteiger partial charge in [-0.15, -0.1) is 11.8 Å². The standard InChI is InChI=1S/C13H16F3NO2S/c1-7-11(20-3)9(18)6-8(17-7)10-4-5-12(2,19-10)13(14,15)16/h6,10H,4-5H2,1-3H3,(H,17,18)/t10?,12-/m1/s1. The minimum atomic E-state index is -4.41. The molecule has 7 heteroatoms. The van der Waals surface area contributed by atoms with Gasteiger partial charge in [0.1, 0.15) is 0 Å². The van der Waals surface area contributed by atoms with Gasteiger partial charge in [0.25, 0.3) is 0 Å². The van der Waals surface area contributed by atoms with Crippen LogP contribution in [0.15, 0.2) is 15.8 Å². The van der Waals surface area contributed by atoms with Crippen molar-refractivity contribution < 1.29 is 17.9 Å². The first-order valence-corrected chi connectivity index (χ1v) is 7.43. The van der Waals surface area contributed by atoms with E-state index in [-0.39, 0.29) is 18.3 Å². The lowest BCUT2D eigenvalue weighted by Gasteiger charge is -2.27. The number of aryl methyl sites for hydroxylation is 1. The summed E-state index contributed by atoms with van der Waals surface area (Å²) >= 11 is 1.31. The Kier molecular flexibility index (Phi) is 3.94. The number of pyridine rings is 1. The van der Waals surface area contributed by atoms with Crippen LogP contribution in [0.2, 0.25) is 0 Å². The van der Waals surface area contributed by atoms with Crippen LogP contribution in [-0.4, -0.2) is 23.0 Å². The Morgan fingerprint density at radius 2 is 2.15 bits per heavy atom. The van der Waals surface area contributed by atoms with Gasteiger partial charge < -0.3 is 9.72 Å². The van der Waals surface area contributed by atoms with Crippen molar-refractivity contribution in [2.75, 3.05) is 6.26 Å². The number of alkyl halides is 3. The van der Waals surface area contributed by atoms with Crippen molar-refractivity contribution in [1.82, 2.24) is 4.98 Å². The molecule has 20 heavy (non-hydrogen) atoms. The topological polar surface area (TPSA) is 42.1 Å². The van der Waals surface area contributed by atoms with Crippen molar-refractivity contribution >= 4 is 11.8 Å². The number of nitrogens with one attached hydrogen (secondary N) is 1. The van der Waals surface area contributed by atoms with Gasteiger partial charge in [0.2, 0.25) is 0 Å². The molecule has 1 fully saturated rings. The van der Waals surface area contributed by atoms with Gasteiger partial charge in [0.15, 0.2) is 11.0 Å². The van der Waals surface area contributed by atoms with Gasteiger partial charge >= 0.3 is 6.18 Å². The van der Waals surface area contributed by atoms with Crippen molar-refractivity contribution in [3.63, 3.8) is 0 Å². The fourth-order valence-electron chi connectivity index (χ4n) is 2.39. The maximum absolute atomic E-state index is 12.9. The van der Waals surface area contributed by atoms with E-state index in [2.05, 4.69) is 4.98 Å². The Morgan fingerprint density at radius 1 is 1.50 bits per heavy atom. The summed E-state index contributed by atoms with van der Waals surface area (Å²) in [5.74, 6) is 0. The maximum Gasteiger partial charge on any atom is 0.417 e. The number of H-pyrrole nitrogens is 1. The zero-order valence-corrected chi connectivity index (χ0v) is 12.2.